The van der Waals surface area contributed by atoms with E-state index in [0.29, 0.717) is 5.54 Å². The summed E-state index contributed by atoms with van der Waals surface area (Å²) in [6, 6.07) is 4.54. The smallest absolute Gasteiger partial charge is 0.0594 e. The molecule has 17 heavy (non-hydrogen) atoms. The Morgan fingerprint density at radius 3 is 2.53 bits per heavy atom. The van der Waals surface area contributed by atoms with Crippen molar-refractivity contribution in [1.29, 1.82) is 0 Å². The van der Waals surface area contributed by atoms with Crippen LogP contribution in [-0.4, -0.2) is 31.2 Å². The van der Waals surface area contributed by atoms with E-state index in [1.807, 2.05) is 11.3 Å². The molecule has 2 heterocycles. The number of morpholine rings is 1. The van der Waals surface area contributed by atoms with E-state index in [-0.39, 0.29) is 0 Å². The highest BCUT2D eigenvalue weighted by molar-refractivity contribution is 7.10. The van der Waals surface area contributed by atoms with Gasteiger partial charge in [0.05, 0.1) is 18.8 Å². The van der Waals surface area contributed by atoms with Gasteiger partial charge in [-0.05, 0) is 24.3 Å². The van der Waals surface area contributed by atoms with Crippen LogP contribution in [-0.2, 0) is 10.3 Å². The van der Waals surface area contributed by atoms with E-state index in [2.05, 4.69) is 22.4 Å². The minimum atomic E-state index is 0.343. The molecule has 0 aromatic carbocycles. The lowest BCUT2D eigenvalue weighted by atomic mass is 9.79. The fourth-order valence-electron chi connectivity index (χ4n) is 3.39. The minimum Gasteiger partial charge on any atom is -0.379 e. The average Bonchev–Trinajstić information content (AvgIpc) is 2.95. The van der Waals surface area contributed by atoms with Crippen LogP contribution in [0.1, 0.15) is 37.0 Å². The van der Waals surface area contributed by atoms with Crippen molar-refractivity contribution in [1.82, 2.24) is 4.90 Å². The monoisotopic (exact) mass is 251 g/mol. The zero-order valence-electron chi connectivity index (χ0n) is 10.4. The molecule has 1 aliphatic carbocycles. The maximum atomic E-state index is 5.51. The standard InChI is InChI=1S/C14H21NOS/c1-2-6-14(7-3-1,13-5-4-12-17-13)15-8-10-16-11-9-15/h4-5,12H,1-3,6-11H2. The molecule has 2 aliphatic rings. The second-order valence-corrected chi connectivity index (χ2v) is 6.12. The van der Waals surface area contributed by atoms with Gasteiger partial charge in [0.2, 0.25) is 0 Å². The summed E-state index contributed by atoms with van der Waals surface area (Å²) in [5.74, 6) is 0. The molecule has 1 saturated carbocycles. The first-order valence-electron chi connectivity index (χ1n) is 6.79. The number of ether oxygens (including phenoxy) is 1. The summed E-state index contributed by atoms with van der Waals surface area (Å²) >= 11 is 1.94. The van der Waals surface area contributed by atoms with E-state index in [1.165, 1.54) is 32.1 Å². The minimum absolute atomic E-state index is 0.343. The van der Waals surface area contributed by atoms with Crippen LogP contribution in [0.4, 0.5) is 0 Å². The molecular weight excluding hydrogens is 230 g/mol. The molecule has 1 saturated heterocycles. The molecule has 3 heteroatoms. The molecule has 2 fully saturated rings. The SMILES string of the molecule is c1csc(C2(N3CCOCC3)CCCCC2)c1. The topological polar surface area (TPSA) is 12.5 Å². The van der Waals surface area contributed by atoms with Gasteiger partial charge in [-0.3, -0.25) is 4.90 Å². The van der Waals surface area contributed by atoms with E-state index in [0.717, 1.165) is 26.3 Å². The highest BCUT2D eigenvalue weighted by atomic mass is 32.1. The lowest BCUT2D eigenvalue weighted by Crippen LogP contribution is -2.51. The highest BCUT2D eigenvalue weighted by Crippen LogP contribution is 2.44. The molecule has 0 atom stereocenters. The molecule has 0 spiro atoms. The van der Waals surface area contributed by atoms with E-state index < -0.39 is 0 Å². The van der Waals surface area contributed by atoms with Crippen molar-refractivity contribution in [2.75, 3.05) is 26.3 Å². The van der Waals surface area contributed by atoms with Crippen molar-refractivity contribution in [3.63, 3.8) is 0 Å². The Kier molecular flexibility index (Phi) is 3.50. The summed E-state index contributed by atoms with van der Waals surface area (Å²) in [7, 11) is 0. The van der Waals surface area contributed by atoms with Crippen LogP contribution in [0.2, 0.25) is 0 Å². The normalized spacial score (nSPS) is 25.9. The van der Waals surface area contributed by atoms with Gasteiger partial charge < -0.3 is 4.74 Å². The zero-order chi connectivity index (χ0) is 11.6. The van der Waals surface area contributed by atoms with Gasteiger partial charge in [-0.25, -0.2) is 0 Å². The molecule has 1 aromatic heterocycles. The highest BCUT2D eigenvalue weighted by Gasteiger charge is 2.40. The maximum Gasteiger partial charge on any atom is 0.0594 e. The number of rotatable bonds is 2. The van der Waals surface area contributed by atoms with Crippen molar-refractivity contribution in [3.8, 4) is 0 Å². The second-order valence-electron chi connectivity index (χ2n) is 5.17. The van der Waals surface area contributed by atoms with Crippen LogP contribution in [0.15, 0.2) is 17.5 Å². The summed E-state index contributed by atoms with van der Waals surface area (Å²) in [5, 5.41) is 2.23. The van der Waals surface area contributed by atoms with Gasteiger partial charge in [-0.2, -0.15) is 0 Å². The van der Waals surface area contributed by atoms with Gasteiger partial charge in [-0.15, -0.1) is 11.3 Å². The first-order valence-corrected chi connectivity index (χ1v) is 7.67. The predicted molar refractivity (Wildman–Crippen MR) is 71.5 cm³/mol. The third-order valence-electron chi connectivity index (χ3n) is 4.28. The Balaban J connectivity index is 1.89. The Morgan fingerprint density at radius 2 is 1.88 bits per heavy atom. The van der Waals surface area contributed by atoms with Gasteiger partial charge in [-0.1, -0.05) is 25.3 Å². The molecule has 94 valence electrons. The van der Waals surface area contributed by atoms with Crippen LogP contribution in [0.25, 0.3) is 0 Å². The van der Waals surface area contributed by atoms with Crippen molar-refractivity contribution < 1.29 is 4.74 Å². The molecule has 3 rings (SSSR count). The van der Waals surface area contributed by atoms with E-state index >= 15 is 0 Å². The lowest BCUT2D eigenvalue weighted by Gasteiger charge is -2.47. The molecular formula is C14H21NOS. The van der Waals surface area contributed by atoms with Crippen molar-refractivity contribution in [3.05, 3.63) is 22.4 Å². The van der Waals surface area contributed by atoms with Crippen molar-refractivity contribution >= 4 is 11.3 Å². The summed E-state index contributed by atoms with van der Waals surface area (Å²) in [6.07, 6.45) is 6.86. The number of thiophene rings is 1. The Bertz CT molecular complexity index is 337. The van der Waals surface area contributed by atoms with E-state index in [1.54, 1.807) is 4.88 Å². The van der Waals surface area contributed by atoms with Crippen molar-refractivity contribution in [2.45, 2.75) is 37.6 Å². The van der Waals surface area contributed by atoms with Gasteiger partial charge >= 0.3 is 0 Å². The molecule has 0 unspecified atom stereocenters. The summed E-state index contributed by atoms with van der Waals surface area (Å²) in [6.45, 7) is 4.04. The fraction of sp³-hybridized carbons (Fsp3) is 0.714. The molecule has 2 nitrogen and oxygen atoms in total. The number of hydrogen-bond acceptors (Lipinski definition) is 3. The predicted octanol–water partition coefficient (Wildman–Crippen LogP) is 3.24. The van der Waals surface area contributed by atoms with Crippen LogP contribution in [0.5, 0.6) is 0 Å². The van der Waals surface area contributed by atoms with Gasteiger partial charge in [0.1, 0.15) is 0 Å². The molecule has 0 bridgehead atoms. The number of hydrogen-bond donors (Lipinski definition) is 0. The zero-order valence-corrected chi connectivity index (χ0v) is 11.2. The fourth-order valence-corrected chi connectivity index (χ4v) is 4.40. The summed E-state index contributed by atoms with van der Waals surface area (Å²) in [4.78, 5) is 4.28. The van der Waals surface area contributed by atoms with Crippen LogP contribution in [0, 0.1) is 0 Å². The van der Waals surface area contributed by atoms with Crippen LogP contribution < -0.4 is 0 Å². The Labute approximate surface area is 108 Å². The van der Waals surface area contributed by atoms with Gasteiger partial charge in [0, 0.05) is 18.0 Å². The first-order chi connectivity index (χ1) is 8.42. The van der Waals surface area contributed by atoms with E-state index in [9.17, 15) is 0 Å². The Morgan fingerprint density at radius 1 is 1.12 bits per heavy atom. The second kappa shape index (κ2) is 5.09. The molecule has 0 amide bonds. The van der Waals surface area contributed by atoms with Gasteiger partial charge in [0.25, 0.3) is 0 Å². The summed E-state index contributed by atoms with van der Waals surface area (Å²) in [5.41, 5.74) is 0.343. The quantitative estimate of drug-likeness (QED) is 0.800. The molecule has 1 aromatic rings. The lowest BCUT2D eigenvalue weighted by molar-refractivity contribution is -0.0388. The third-order valence-corrected chi connectivity index (χ3v) is 5.34. The maximum absolute atomic E-state index is 5.51. The first kappa shape index (κ1) is 11.7. The molecule has 0 N–H and O–H groups in total. The molecule has 1 aliphatic heterocycles. The largest absolute Gasteiger partial charge is 0.379 e. The van der Waals surface area contributed by atoms with Crippen LogP contribution >= 0.6 is 11.3 Å². The number of nitrogens with zero attached hydrogens (tertiary/aromatic N) is 1. The van der Waals surface area contributed by atoms with Crippen LogP contribution in [0.3, 0.4) is 0 Å². The summed E-state index contributed by atoms with van der Waals surface area (Å²) < 4.78 is 5.51. The molecule has 0 radical (unpaired) electrons. The average molecular weight is 251 g/mol. The van der Waals surface area contributed by atoms with Gasteiger partial charge in [0.15, 0.2) is 0 Å². The van der Waals surface area contributed by atoms with Crippen molar-refractivity contribution in [2.24, 2.45) is 0 Å². The Hall–Kier alpha value is -0.380. The van der Waals surface area contributed by atoms with E-state index in [4.69, 9.17) is 4.74 Å². The third kappa shape index (κ3) is 2.16.